The summed E-state index contributed by atoms with van der Waals surface area (Å²) in [4.78, 5) is 18.8. The molecule has 3 N–H and O–H groups in total. The van der Waals surface area contributed by atoms with Gasteiger partial charge in [-0.1, -0.05) is 22.0 Å². The molecule has 1 aromatic carbocycles. The maximum atomic E-state index is 10.8. The van der Waals surface area contributed by atoms with Crippen molar-refractivity contribution in [2.45, 2.75) is 6.92 Å². The molecule has 0 aliphatic carbocycles. The number of nitrogens with zero attached hydrogens (tertiary/aromatic N) is 2. The van der Waals surface area contributed by atoms with Crippen molar-refractivity contribution < 1.29 is 9.90 Å². The Labute approximate surface area is 112 Å². The normalized spacial score (nSPS) is 10.3. The zero-order valence-corrected chi connectivity index (χ0v) is 11.1. The molecule has 92 valence electrons. The molecule has 0 atom stereocenters. The number of anilines is 1. The number of carbonyl (C=O) groups is 1. The van der Waals surface area contributed by atoms with Crippen molar-refractivity contribution in [2.75, 3.05) is 5.73 Å². The molecule has 0 amide bonds. The first-order valence-corrected chi connectivity index (χ1v) is 5.90. The predicted molar refractivity (Wildman–Crippen MR) is 71.3 cm³/mol. The lowest BCUT2D eigenvalue weighted by Crippen LogP contribution is -2.06. The van der Waals surface area contributed by atoms with E-state index in [-0.39, 0.29) is 11.4 Å². The number of nitrogens with two attached hydrogens (primary N) is 1. The van der Waals surface area contributed by atoms with Crippen molar-refractivity contribution in [3.8, 4) is 11.4 Å². The van der Waals surface area contributed by atoms with Gasteiger partial charge in [0, 0.05) is 16.2 Å². The number of halogens is 1. The third-order valence-corrected chi connectivity index (χ3v) is 3.07. The van der Waals surface area contributed by atoms with Crippen molar-refractivity contribution in [3.05, 3.63) is 40.0 Å². The number of aromatic nitrogens is 2. The monoisotopic (exact) mass is 307 g/mol. The zero-order chi connectivity index (χ0) is 13.3. The molecule has 18 heavy (non-hydrogen) atoms. The van der Waals surface area contributed by atoms with Gasteiger partial charge < -0.3 is 10.8 Å². The number of hydrogen-bond acceptors (Lipinski definition) is 4. The summed E-state index contributed by atoms with van der Waals surface area (Å²) >= 11 is 3.42. The molecule has 0 aliphatic heterocycles. The van der Waals surface area contributed by atoms with Crippen LogP contribution in [0.25, 0.3) is 11.4 Å². The molecular weight excluding hydrogens is 298 g/mol. The van der Waals surface area contributed by atoms with Crippen LogP contribution < -0.4 is 5.73 Å². The molecule has 0 spiro atoms. The summed E-state index contributed by atoms with van der Waals surface area (Å²) in [5.41, 5.74) is 7.36. The Morgan fingerprint density at radius 3 is 2.72 bits per heavy atom. The Morgan fingerprint density at radius 2 is 2.17 bits per heavy atom. The average Bonchev–Trinajstić information content (AvgIpc) is 2.28. The number of carboxylic acids is 1. The highest BCUT2D eigenvalue weighted by atomic mass is 79.9. The maximum Gasteiger partial charge on any atom is 0.341 e. The summed E-state index contributed by atoms with van der Waals surface area (Å²) in [5, 5.41) is 8.85. The van der Waals surface area contributed by atoms with E-state index in [1.807, 2.05) is 25.1 Å². The third-order valence-electron chi connectivity index (χ3n) is 2.41. The minimum absolute atomic E-state index is 0.0417. The van der Waals surface area contributed by atoms with Crippen LogP contribution >= 0.6 is 15.9 Å². The smallest absolute Gasteiger partial charge is 0.341 e. The van der Waals surface area contributed by atoms with Crippen LogP contribution in [0.3, 0.4) is 0 Å². The van der Waals surface area contributed by atoms with Gasteiger partial charge in [0.2, 0.25) is 0 Å². The van der Waals surface area contributed by atoms with Crippen LogP contribution in [0.5, 0.6) is 0 Å². The molecule has 6 heteroatoms. The summed E-state index contributed by atoms with van der Waals surface area (Å²) < 4.78 is 0.838. The number of nitrogen functional groups attached to an aromatic ring is 1. The summed E-state index contributed by atoms with van der Waals surface area (Å²) in [6.45, 7) is 1.97. The van der Waals surface area contributed by atoms with Crippen LogP contribution in [0.2, 0.25) is 0 Å². The minimum atomic E-state index is -1.14. The van der Waals surface area contributed by atoms with Gasteiger partial charge in [0.05, 0.1) is 0 Å². The van der Waals surface area contributed by atoms with Crippen LogP contribution in [-0.4, -0.2) is 21.0 Å². The van der Waals surface area contributed by atoms with Gasteiger partial charge in [-0.15, -0.1) is 0 Å². The van der Waals surface area contributed by atoms with E-state index in [1.165, 1.54) is 6.20 Å². The fraction of sp³-hybridized carbons (Fsp3) is 0.0833. The van der Waals surface area contributed by atoms with Gasteiger partial charge in [-0.3, -0.25) is 0 Å². The van der Waals surface area contributed by atoms with Crippen LogP contribution in [0.15, 0.2) is 28.9 Å². The topological polar surface area (TPSA) is 89.1 Å². The van der Waals surface area contributed by atoms with E-state index in [0.29, 0.717) is 5.82 Å². The number of aryl methyl sites for hydroxylation is 1. The van der Waals surface area contributed by atoms with Crippen LogP contribution in [0, 0.1) is 6.92 Å². The van der Waals surface area contributed by atoms with Gasteiger partial charge in [-0.2, -0.15) is 0 Å². The number of aromatic carboxylic acids is 1. The molecule has 0 unspecified atom stereocenters. The second-order valence-electron chi connectivity index (χ2n) is 3.78. The molecule has 0 fully saturated rings. The van der Waals surface area contributed by atoms with Crippen molar-refractivity contribution in [2.24, 2.45) is 0 Å². The Bertz CT molecular complexity index is 629. The molecule has 0 radical (unpaired) electrons. The number of hydrogen-bond donors (Lipinski definition) is 2. The molecular formula is C12H10BrN3O2. The first kappa shape index (κ1) is 12.5. The summed E-state index contributed by atoms with van der Waals surface area (Å²) in [5.74, 6) is -0.786. The summed E-state index contributed by atoms with van der Waals surface area (Å²) in [6.07, 6.45) is 1.21. The van der Waals surface area contributed by atoms with Gasteiger partial charge in [0.1, 0.15) is 11.4 Å². The molecule has 1 heterocycles. The molecule has 2 rings (SSSR count). The Morgan fingerprint density at radius 1 is 1.44 bits per heavy atom. The number of benzene rings is 1. The van der Waals surface area contributed by atoms with Crippen LogP contribution in [-0.2, 0) is 0 Å². The SMILES string of the molecule is Cc1ccc(-c2ncc(C(=O)O)c(N)n2)c(Br)c1. The Hall–Kier alpha value is -1.95. The van der Waals surface area contributed by atoms with E-state index in [9.17, 15) is 4.79 Å². The van der Waals surface area contributed by atoms with E-state index in [0.717, 1.165) is 15.6 Å². The highest BCUT2D eigenvalue weighted by molar-refractivity contribution is 9.10. The van der Waals surface area contributed by atoms with E-state index in [4.69, 9.17) is 10.8 Å². The van der Waals surface area contributed by atoms with E-state index >= 15 is 0 Å². The fourth-order valence-corrected chi connectivity index (χ4v) is 2.16. The van der Waals surface area contributed by atoms with Gasteiger partial charge in [-0.05, 0) is 24.6 Å². The zero-order valence-electron chi connectivity index (χ0n) is 9.51. The summed E-state index contributed by atoms with van der Waals surface area (Å²) in [6, 6.07) is 5.71. The molecule has 0 saturated heterocycles. The van der Waals surface area contributed by atoms with Crippen molar-refractivity contribution in [1.82, 2.24) is 9.97 Å². The molecule has 5 nitrogen and oxygen atoms in total. The fourth-order valence-electron chi connectivity index (χ4n) is 1.49. The minimum Gasteiger partial charge on any atom is -0.477 e. The highest BCUT2D eigenvalue weighted by Gasteiger charge is 2.13. The van der Waals surface area contributed by atoms with E-state index < -0.39 is 5.97 Å². The van der Waals surface area contributed by atoms with Crippen molar-refractivity contribution in [1.29, 1.82) is 0 Å². The lowest BCUT2D eigenvalue weighted by Gasteiger charge is -2.06. The standard InChI is InChI=1S/C12H10BrN3O2/c1-6-2-3-7(9(13)4-6)11-15-5-8(12(17)18)10(14)16-11/h2-5H,1H3,(H,17,18)(H2,14,15,16). The number of carboxylic acid groups (broad SMARTS) is 1. The first-order valence-electron chi connectivity index (χ1n) is 5.11. The Balaban J connectivity index is 2.52. The predicted octanol–water partition coefficient (Wildman–Crippen LogP) is 2.49. The first-order chi connectivity index (χ1) is 8.49. The molecule has 0 saturated carbocycles. The highest BCUT2D eigenvalue weighted by Crippen LogP contribution is 2.27. The van der Waals surface area contributed by atoms with Crippen LogP contribution in [0.1, 0.15) is 15.9 Å². The second-order valence-corrected chi connectivity index (χ2v) is 4.64. The molecule has 1 aromatic heterocycles. The lowest BCUT2D eigenvalue weighted by molar-refractivity contribution is 0.0697. The average molecular weight is 308 g/mol. The third kappa shape index (κ3) is 2.33. The van der Waals surface area contributed by atoms with Crippen molar-refractivity contribution in [3.63, 3.8) is 0 Å². The quantitative estimate of drug-likeness (QED) is 0.889. The van der Waals surface area contributed by atoms with Crippen LogP contribution in [0.4, 0.5) is 5.82 Å². The van der Waals surface area contributed by atoms with Gasteiger partial charge in [0.15, 0.2) is 5.82 Å². The van der Waals surface area contributed by atoms with E-state index in [2.05, 4.69) is 25.9 Å². The largest absolute Gasteiger partial charge is 0.477 e. The molecule has 2 aromatic rings. The van der Waals surface area contributed by atoms with E-state index in [1.54, 1.807) is 0 Å². The molecule has 0 aliphatic rings. The maximum absolute atomic E-state index is 10.8. The Kier molecular flexibility index (Phi) is 3.29. The second kappa shape index (κ2) is 4.73. The number of rotatable bonds is 2. The van der Waals surface area contributed by atoms with Gasteiger partial charge in [-0.25, -0.2) is 14.8 Å². The van der Waals surface area contributed by atoms with Gasteiger partial charge in [0.25, 0.3) is 0 Å². The molecule has 0 bridgehead atoms. The van der Waals surface area contributed by atoms with Gasteiger partial charge >= 0.3 is 5.97 Å². The lowest BCUT2D eigenvalue weighted by atomic mass is 10.1. The van der Waals surface area contributed by atoms with Crippen molar-refractivity contribution >= 4 is 27.7 Å². The summed E-state index contributed by atoms with van der Waals surface area (Å²) in [7, 11) is 0.